The zero-order valence-electron chi connectivity index (χ0n) is 26.6. The van der Waals surface area contributed by atoms with Gasteiger partial charge in [-0.15, -0.1) is 0 Å². The summed E-state index contributed by atoms with van der Waals surface area (Å²) in [6.07, 6.45) is 2.85. The normalized spacial score (nSPS) is 12.1. The first kappa shape index (κ1) is 35.0. The Morgan fingerprint density at radius 3 is 2.40 bits per heavy atom. The molecule has 0 saturated carbocycles. The van der Waals surface area contributed by atoms with E-state index in [-0.39, 0.29) is 36.3 Å². The Hall–Kier alpha value is -4.85. The number of ether oxygens (including phenoxy) is 1. The summed E-state index contributed by atoms with van der Waals surface area (Å²) < 4.78 is 57.9. The van der Waals surface area contributed by atoms with Gasteiger partial charge in [0.15, 0.2) is 11.8 Å². The van der Waals surface area contributed by atoms with Gasteiger partial charge >= 0.3 is 15.8 Å². The maximum absolute atomic E-state index is 15.0. The van der Waals surface area contributed by atoms with Crippen molar-refractivity contribution in [3.05, 3.63) is 93.5 Å². The second-order valence-electron chi connectivity index (χ2n) is 10.9. The molecule has 0 radical (unpaired) electrons. The number of hydrogen-bond acceptors (Lipinski definition) is 9. The number of ketones is 1. The number of carbonyl (C=O) groups excluding carboxylic acids is 2. The molecule has 1 atom stereocenters. The predicted octanol–water partition coefficient (Wildman–Crippen LogP) is 5.50. The molecule has 252 valence electrons. The van der Waals surface area contributed by atoms with Crippen molar-refractivity contribution in [2.75, 3.05) is 17.7 Å². The molecule has 0 saturated heterocycles. The van der Waals surface area contributed by atoms with E-state index in [1.165, 1.54) is 6.07 Å². The number of aromatic nitrogens is 2. The number of nitrogens with one attached hydrogen (secondary N) is 1. The van der Waals surface area contributed by atoms with Crippen LogP contribution in [-0.4, -0.2) is 46.7 Å². The van der Waals surface area contributed by atoms with Crippen LogP contribution in [0.2, 0.25) is 0 Å². The number of hydrogen-bond donors (Lipinski definition) is 2. The summed E-state index contributed by atoms with van der Waals surface area (Å²) in [5.74, 6) is -4.75. The highest BCUT2D eigenvalue weighted by molar-refractivity contribution is 7.87. The Bertz CT molecular complexity index is 1880. The third-order valence-corrected chi connectivity index (χ3v) is 8.63. The van der Waals surface area contributed by atoms with Gasteiger partial charge in [-0.3, -0.25) is 14.2 Å². The van der Waals surface area contributed by atoms with Crippen LogP contribution >= 0.6 is 0 Å². The molecule has 0 bridgehead atoms. The molecule has 0 aliphatic rings. The van der Waals surface area contributed by atoms with Crippen molar-refractivity contribution in [1.82, 2.24) is 9.13 Å². The largest absolute Gasteiger partial charge is 0.491 e. The molecular weight excluding hydrogens is 633 g/mol. The highest BCUT2D eigenvalue weighted by atomic mass is 32.2. The van der Waals surface area contributed by atoms with E-state index in [1.807, 2.05) is 6.92 Å². The van der Waals surface area contributed by atoms with Gasteiger partial charge in [0.1, 0.15) is 17.3 Å². The number of Topliss-reactive ketones (excluding diaryl/α,β-unsaturated/α-hetero) is 1. The second kappa shape index (κ2) is 15.2. The number of nitrogens with zero attached hydrogens (tertiary/aromatic N) is 2. The highest BCUT2D eigenvalue weighted by Crippen LogP contribution is 2.32. The van der Waals surface area contributed by atoms with Gasteiger partial charge in [-0.2, -0.15) is 8.42 Å². The molecule has 2 aromatic carbocycles. The monoisotopic (exact) mass is 671 g/mol. The summed E-state index contributed by atoms with van der Waals surface area (Å²) >= 11 is 0. The number of unbranched alkanes of at least 4 members (excludes halogenated alkanes) is 3. The van der Waals surface area contributed by atoms with Crippen LogP contribution in [0.25, 0.3) is 0 Å². The molecule has 0 fully saturated rings. The molecule has 0 aliphatic carbocycles. The van der Waals surface area contributed by atoms with Gasteiger partial charge in [-0.25, -0.2) is 13.8 Å². The van der Waals surface area contributed by atoms with Crippen molar-refractivity contribution in [3.63, 3.8) is 0 Å². The zero-order valence-corrected chi connectivity index (χ0v) is 27.4. The van der Waals surface area contributed by atoms with Gasteiger partial charge in [0.05, 0.1) is 24.6 Å². The van der Waals surface area contributed by atoms with E-state index < -0.39 is 50.9 Å². The molecule has 47 heavy (non-hydrogen) atoms. The smallest absolute Gasteiger partial charge is 0.335 e. The summed E-state index contributed by atoms with van der Waals surface area (Å²) in [7, 11) is -4.03. The lowest BCUT2D eigenvalue weighted by Crippen LogP contribution is -2.39. The van der Waals surface area contributed by atoms with Gasteiger partial charge in [-0.1, -0.05) is 56.5 Å². The van der Waals surface area contributed by atoms with Crippen LogP contribution < -0.4 is 19.9 Å². The summed E-state index contributed by atoms with van der Waals surface area (Å²) in [5.41, 5.74) is -0.237. The third-order valence-electron chi connectivity index (χ3n) is 7.40. The molecule has 2 aromatic heterocycles. The fourth-order valence-corrected chi connectivity index (χ4v) is 5.92. The quantitative estimate of drug-likeness (QED) is 0.0679. The molecular formula is C33H38FN3O9S. The standard InChI is InChI=1S/C33H38FN3O9S/c1-5-7-8-12-17-47(42,43)46-24-15-16-25(34)26(19-24)35-30(39)28(29(38)27-18-21(3)22(4)45-27)37-31(40)32(44-6-2)36(33(37)41)20-23-13-10-9-11-14-23/h9-11,13-16,18-19,28,40H,5-8,12,17,20H2,1-4H3,(H,35,39). The van der Waals surface area contributed by atoms with E-state index >= 15 is 4.39 Å². The number of anilines is 1. The lowest BCUT2D eigenvalue weighted by molar-refractivity contribution is -0.118. The minimum atomic E-state index is -4.03. The van der Waals surface area contributed by atoms with Crippen LogP contribution in [-0.2, 0) is 21.5 Å². The van der Waals surface area contributed by atoms with Crippen LogP contribution in [0.4, 0.5) is 10.1 Å². The number of aromatic hydroxyl groups is 1. The minimum absolute atomic E-state index is 0.0344. The van der Waals surface area contributed by atoms with Crippen LogP contribution in [0.5, 0.6) is 17.5 Å². The van der Waals surface area contributed by atoms with Crippen molar-refractivity contribution in [2.24, 2.45) is 0 Å². The van der Waals surface area contributed by atoms with E-state index in [0.29, 0.717) is 34.3 Å². The molecule has 1 unspecified atom stereocenters. The number of carbonyl (C=O) groups is 2. The summed E-state index contributed by atoms with van der Waals surface area (Å²) in [4.78, 5) is 41.7. The van der Waals surface area contributed by atoms with E-state index in [1.54, 1.807) is 51.1 Å². The van der Waals surface area contributed by atoms with Crippen molar-refractivity contribution >= 4 is 27.5 Å². The van der Waals surface area contributed by atoms with E-state index in [9.17, 15) is 27.9 Å². The summed E-state index contributed by atoms with van der Waals surface area (Å²) in [6.45, 7) is 6.86. The van der Waals surface area contributed by atoms with Crippen molar-refractivity contribution in [1.29, 1.82) is 0 Å². The fourth-order valence-electron chi connectivity index (χ4n) is 4.88. The van der Waals surface area contributed by atoms with Crippen molar-refractivity contribution < 1.29 is 40.8 Å². The average molecular weight is 672 g/mol. The van der Waals surface area contributed by atoms with E-state index in [0.717, 1.165) is 35.6 Å². The van der Waals surface area contributed by atoms with Crippen LogP contribution in [0.3, 0.4) is 0 Å². The number of halogens is 1. The third kappa shape index (κ3) is 8.30. The highest BCUT2D eigenvalue weighted by Gasteiger charge is 2.38. The van der Waals surface area contributed by atoms with Crippen LogP contribution in [0.1, 0.15) is 73.0 Å². The zero-order chi connectivity index (χ0) is 34.3. The lowest BCUT2D eigenvalue weighted by atomic mass is 10.1. The maximum Gasteiger partial charge on any atom is 0.335 e. The number of aryl methyl sites for hydroxylation is 2. The molecule has 4 rings (SSSR count). The Morgan fingerprint density at radius 1 is 1.04 bits per heavy atom. The Labute approximate surface area is 271 Å². The first-order valence-corrected chi connectivity index (χ1v) is 16.8. The number of rotatable bonds is 16. The van der Waals surface area contributed by atoms with Crippen molar-refractivity contribution in [2.45, 2.75) is 66.0 Å². The average Bonchev–Trinajstić information content (AvgIpc) is 3.48. The molecule has 12 nitrogen and oxygen atoms in total. The van der Waals surface area contributed by atoms with Crippen LogP contribution in [0.15, 0.2) is 63.8 Å². The first-order valence-electron chi connectivity index (χ1n) is 15.2. The van der Waals surface area contributed by atoms with Gasteiger partial charge in [0.25, 0.3) is 17.7 Å². The second-order valence-corrected chi connectivity index (χ2v) is 12.6. The molecule has 14 heteroatoms. The molecule has 4 aromatic rings. The topological polar surface area (TPSA) is 159 Å². The van der Waals surface area contributed by atoms with Crippen LogP contribution in [0, 0.1) is 19.7 Å². The van der Waals surface area contributed by atoms with E-state index in [2.05, 4.69) is 5.32 Å². The summed E-state index contributed by atoms with van der Waals surface area (Å²) in [5, 5.41) is 13.5. The Kier molecular flexibility index (Phi) is 11.3. The number of amides is 1. The Morgan fingerprint density at radius 2 is 1.77 bits per heavy atom. The predicted molar refractivity (Wildman–Crippen MR) is 172 cm³/mol. The summed E-state index contributed by atoms with van der Waals surface area (Å²) in [6, 6.07) is 11.0. The molecule has 0 aliphatic heterocycles. The molecule has 2 N–H and O–H groups in total. The number of imidazole rings is 1. The molecule has 2 heterocycles. The van der Waals surface area contributed by atoms with E-state index in [4.69, 9.17) is 13.3 Å². The number of benzene rings is 2. The minimum Gasteiger partial charge on any atom is -0.491 e. The SMILES string of the molecule is CCCCCCS(=O)(=O)Oc1ccc(F)c(NC(=O)C(C(=O)c2cc(C)c(C)o2)n2c(O)c(OCC)n(Cc3ccccc3)c2=O)c1. The molecule has 0 spiro atoms. The fraction of sp³-hybridized carbons (Fsp3) is 0.364. The van der Waals surface area contributed by atoms with Gasteiger partial charge in [-0.05, 0) is 56.5 Å². The maximum atomic E-state index is 15.0. The van der Waals surface area contributed by atoms with Crippen molar-refractivity contribution in [3.8, 4) is 17.5 Å². The molecule has 1 amide bonds. The van der Waals surface area contributed by atoms with Gasteiger partial charge < -0.3 is 23.8 Å². The lowest BCUT2D eigenvalue weighted by Gasteiger charge is -2.17. The van der Waals surface area contributed by atoms with Gasteiger partial charge in [0.2, 0.25) is 5.78 Å². The number of furan rings is 1. The Balaban J connectivity index is 1.75. The van der Waals surface area contributed by atoms with Gasteiger partial charge in [0, 0.05) is 6.07 Å². The first-order chi connectivity index (χ1) is 22.4.